The van der Waals surface area contributed by atoms with Gasteiger partial charge in [0.25, 0.3) is 0 Å². The van der Waals surface area contributed by atoms with Crippen LogP contribution in [0.25, 0.3) is 0 Å². The average Bonchev–Trinajstić information content (AvgIpc) is 2.81. The normalized spacial score (nSPS) is 26.2. The first kappa shape index (κ1) is 26.1. The molecule has 5 heteroatoms. The Balaban J connectivity index is 1.38. The Bertz CT molecular complexity index is 708. The molecular formula is C28H40F4O. The van der Waals surface area contributed by atoms with Gasteiger partial charge in [-0.05, 0) is 99.2 Å². The van der Waals surface area contributed by atoms with Crippen molar-refractivity contribution in [2.24, 2.45) is 17.8 Å². The number of allylic oxidation sites excluding steroid dienone is 2. The van der Waals surface area contributed by atoms with Crippen molar-refractivity contribution in [1.82, 2.24) is 0 Å². The van der Waals surface area contributed by atoms with Crippen LogP contribution in [-0.2, 0) is 0 Å². The molecule has 0 N–H and O–H groups in total. The van der Waals surface area contributed by atoms with Crippen molar-refractivity contribution in [3.05, 3.63) is 41.5 Å². The number of alkyl halides is 2. The summed E-state index contributed by atoms with van der Waals surface area (Å²) < 4.78 is 56.9. The van der Waals surface area contributed by atoms with E-state index in [1.165, 1.54) is 76.3 Å². The smallest absolute Gasteiger partial charge is 0.387 e. The highest BCUT2D eigenvalue weighted by Crippen LogP contribution is 2.45. The topological polar surface area (TPSA) is 9.23 Å². The first-order chi connectivity index (χ1) is 16.0. The molecule has 186 valence electrons. The molecule has 0 radical (unpaired) electrons. The summed E-state index contributed by atoms with van der Waals surface area (Å²) in [5, 5.41) is 0. The fourth-order valence-electron chi connectivity index (χ4n) is 5.99. The molecule has 2 fully saturated rings. The fraction of sp³-hybridized carbons (Fsp3) is 0.714. The summed E-state index contributed by atoms with van der Waals surface area (Å²) in [7, 11) is 0. The lowest BCUT2D eigenvalue weighted by Gasteiger charge is -2.38. The van der Waals surface area contributed by atoms with E-state index in [1.54, 1.807) is 0 Å². The molecule has 0 bridgehead atoms. The Hall–Kier alpha value is -1.52. The molecule has 33 heavy (non-hydrogen) atoms. The summed E-state index contributed by atoms with van der Waals surface area (Å²) in [6.45, 7) is -1.03. The summed E-state index contributed by atoms with van der Waals surface area (Å²) in [6, 6.07) is 2.35. The second kappa shape index (κ2) is 13.4. The second-order valence-corrected chi connectivity index (χ2v) is 10.1. The van der Waals surface area contributed by atoms with E-state index in [1.807, 2.05) is 0 Å². The molecule has 0 aromatic heterocycles. The van der Waals surface area contributed by atoms with Crippen LogP contribution in [0.5, 0.6) is 5.75 Å². The van der Waals surface area contributed by atoms with Crippen LogP contribution in [0, 0.1) is 29.4 Å². The van der Waals surface area contributed by atoms with E-state index < -0.39 is 24.0 Å². The molecule has 0 unspecified atom stereocenters. The summed E-state index contributed by atoms with van der Waals surface area (Å²) >= 11 is 0. The molecule has 1 nitrogen and oxygen atoms in total. The van der Waals surface area contributed by atoms with Crippen LogP contribution in [0.1, 0.15) is 108 Å². The highest BCUT2D eigenvalue weighted by Gasteiger charge is 2.32. The molecule has 0 spiro atoms. The van der Waals surface area contributed by atoms with E-state index in [0.717, 1.165) is 37.5 Å². The SMILES string of the molecule is CCC/C=C/CCCC[C@H]1CC[C@H]([C@H]2CC[C@H](c3cc(F)c(OC(F)F)c(F)c3)CC2)CC1. The zero-order valence-corrected chi connectivity index (χ0v) is 20.0. The molecule has 2 aliphatic carbocycles. The predicted octanol–water partition coefficient (Wildman–Crippen LogP) is 9.56. The molecular weight excluding hydrogens is 428 g/mol. The highest BCUT2D eigenvalue weighted by atomic mass is 19.3. The minimum absolute atomic E-state index is 0.0913. The zero-order valence-electron chi connectivity index (χ0n) is 20.0. The van der Waals surface area contributed by atoms with Crippen LogP contribution in [0.3, 0.4) is 0 Å². The maximum absolute atomic E-state index is 14.1. The van der Waals surface area contributed by atoms with Crippen LogP contribution in [-0.4, -0.2) is 6.61 Å². The lowest BCUT2D eigenvalue weighted by molar-refractivity contribution is -0.0546. The number of benzene rings is 1. The summed E-state index contributed by atoms with van der Waals surface area (Å²) in [5.74, 6) is -0.584. The molecule has 0 atom stereocenters. The quantitative estimate of drug-likeness (QED) is 0.178. The first-order valence-corrected chi connectivity index (χ1v) is 13.1. The number of halogens is 4. The van der Waals surface area contributed by atoms with Gasteiger partial charge >= 0.3 is 6.61 Å². The Morgan fingerprint density at radius 1 is 0.848 bits per heavy atom. The molecule has 2 aliphatic rings. The Labute approximate surface area is 197 Å². The number of hydrogen-bond donors (Lipinski definition) is 0. The van der Waals surface area contributed by atoms with E-state index in [4.69, 9.17) is 0 Å². The van der Waals surface area contributed by atoms with Crippen molar-refractivity contribution in [3.8, 4) is 5.75 Å². The largest absolute Gasteiger partial charge is 0.429 e. The maximum Gasteiger partial charge on any atom is 0.387 e. The minimum Gasteiger partial charge on any atom is -0.429 e. The number of ether oxygens (including phenoxy) is 1. The van der Waals surface area contributed by atoms with Crippen LogP contribution in [0.15, 0.2) is 24.3 Å². The van der Waals surface area contributed by atoms with Gasteiger partial charge in [0.15, 0.2) is 17.4 Å². The van der Waals surface area contributed by atoms with Crippen molar-refractivity contribution in [3.63, 3.8) is 0 Å². The van der Waals surface area contributed by atoms with Gasteiger partial charge in [-0.15, -0.1) is 0 Å². The molecule has 3 rings (SSSR count). The van der Waals surface area contributed by atoms with E-state index >= 15 is 0 Å². The van der Waals surface area contributed by atoms with Gasteiger partial charge in [-0.1, -0.05) is 51.2 Å². The molecule has 1 aromatic carbocycles. The number of hydrogen-bond acceptors (Lipinski definition) is 1. The summed E-state index contributed by atoms with van der Waals surface area (Å²) in [6.07, 6.45) is 21.6. The molecule has 0 saturated heterocycles. The minimum atomic E-state index is -3.24. The van der Waals surface area contributed by atoms with Crippen molar-refractivity contribution in [2.45, 2.75) is 109 Å². The molecule has 0 amide bonds. The third-order valence-corrected chi connectivity index (χ3v) is 7.88. The van der Waals surface area contributed by atoms with Crippen molar-refractivity contribution in [1.29, 1.82) is 0 Å². The molecule has 1 aromatic rings. The van der Waals surface area contributed by atoms with Gasteiger partial charge in [-0.2, -0.15) is 8.78 Å². The van der Waals surface area contributed by atoms with Gasteiger partial charge in [-0.3, -0.25) is 0 Å². The van der Waals surface area contributed by atoms with Crippen LogP contribution < -0.4 is 4.74 Å². The number of unbranched alkanes of at least 4 members (excludes halogenated alkanes) is 3. The summed E-state index contributed by atoms with van der Waals surface area (Å²) in [5.41, 5.74) is 0.568. The fourth-order valence-corrected chi connectivity index (χ4v) is 5.99. The molecule has 2 saturated carbocycles. The van der Waals surface area contributed by atoms with E-state index in [0.29, 0.717) is 11.5 Å². The first-order valence-electron chi connectivity index (χ1n) is 13.1. The monoisotopic (exact) mass is 468 g/mol. The Kier molecular flexibility index (Phi) is 10.6. The van der Waals surface area contributed by atoms with Crippen molar-refractivity contribution < 1.29 is 22.3 Å². The van der Waals surface area contributed by atoms with E-state index in [-0.39, 0.29) is 5.92 Å². The van der Waals surface area contributed by atoms with Gasteiger partial charge in [0.2, 0.25) is 0 Å². The second-order valence-electron chi connectivity index (χ2n) is 10.1. The molecule has 0 heterocycles. The van der Waals surface area contributed by atoms with Crippen molar-refractivity contribution >= 4 is 0 Å². The van der Waals surface area contributed by atoms with Gasteiger partial charge < -0.3 is 4.74 Å². The van der Waals surface area contributed by atoms with E-state index in [2.05, 4.69) is 23.8 Å². The summed E-state index contributed by atoms with van der Waals surface area (Å²) in [4.78, 5) is 0. The Morgan fingerprint density at radius 2 is 1.42 bits per heavy atom. The van der Waals surface area contributed by atoms with Crippen LogP contribution >= 0.6 is 0 Å². The van der Waals surface area contributed by atoms with Gasteiger partial charge in [0.05, 0.1) is 0 Å². The third kappa shape index (κ3) is 8.03. The lowest BCUT2D eigenvalue weighted by atomic mass is 9.68. The maximum atomic E-state index is 14.1. The van der Waals surface area contributed by atoms with Gasteiger partial charge in [0, 0.05) is 0 Å². The van der Waals surface area contributed by atoms with Crippen LogP contribution in [0.2, 0.25) is 0 Å². The molecule has 0 aliphatic heterocycles. The van der Waals surface area contributed by atoms with E-state index in [9.17, 15) is 17.6 Å². The standard InChI is InChI=1S/C28H40F4O/c1-2-3-4-5-6-7-8-9-20-10-12-21(13-11-20)22-14-16-23(17-15-22)24-18-25(29)27(26(30)19-24)33-28(31)32/h4-5,18-23,28H,2-3,6-17H2,1H3/b5-4+/t20-,21-,22-,23-. The van der Waals surface area contributed by atoms with Gasteiger partial charge in [0.1, 0.15) is 0 Å². The predicted molar refractivity (Wildman–Crippen MR) is 126 cm³/mol. The Morgan fingerprint density at radius 3 is 2.00 bits per heavy atom. The van der Waals surface area contributed by atoms with Crippen molar-refractivity contribution in [2.75, 3.05) is 0 Å². The average molecular weight is 469 g/mol. The number of rotatable bonds is 11. The van der Waals surface area contributed by atoms with Crippen LogP contribution in [0.4, 0.5) is 17.6 Å². The highest BCUT2D eigenvalue weighted by molar-refractivity contribution is 5.33. The zero-order chi connectivity index (χ0) is 23.6. The lowest BCUT2D eigenvalue weighted by Crippen LogP contribution is -2.25. The third-order valence-electron chi connectivity index (χ3n) is 7.88. The van der Waals surface area contributed by atoms with Gasteiger partial charge in [-0.25, -0.2) is 8.78 Å².